The number of methoxy groups -OCH3 is 1. The zero-order valence-corrected chi connectivity index (χ0v) is 17.8. The Bertz CT molecular complexity index is 1640. The molecule has 0 aliphatic heterocycles. The van der Waals surface area contributed by atoms with Crippen LogP contribution in [0.3, 0.4) is 0 Å². The first kappa shape index (κ1) is 22.7. The van der Waals surface area contributed by atoms with Crippen LogP contribution >= 0.6 is 0 Å². The van der Waals surface area contributed by atoms with Crippen LogP contribution < -0.4 is 4.74 Å². The summed E-state index contributed by atoms with van der Waals surface area (Å²) in [5, 5.41) is -1.33. The van der Waals surface area contributed by atoms with Crippen molar-refractivity contribution in [2.75, 3.05) is 7.11 Å². The average molecular weight is 486 g/mol. The highest BCUT2D eigenvalue weighted by atomic mass is 19.2. The summed E-state index contributed by atoms with van der Waals surface area (Å²) in [7, 11) is 1.19. The van der Waals surface area contributed by atoms with E-state index >= 15 is 17.6 Å². The smallest absolute Gasteiger partial charge is 0.137 e. The quantitative estimate of drug-likeness (QED) is 0.184. The molecule has 0 fully saturated rings. The van der Waals surface area contributed by atoms with Crippen molar-refractivity contribution in [2.45, 2.75) is 0 Å². The zero-order valence-electron chi connectivity index (χ0n) is 17.8. The fourth-order valence-electron chi connectivity index (χ4n) is 4.39. The summed E-state index contributed by atoms with van der Waals surface area (Å²) in [5.74, 6) is -7.44. The van der Waals surface area contributed by atoms with Gasteiger partial charge in [0.25, 0.3) is 0 Å². The Morgan fingerprint density at radius 2 is 1.06 bits per heavy atom. The van der Waals surface area contributed by atoms with Crippen molar-refractivity contribution in [1.29, 1.82) is 0 Å². The van der Waals surface area contributed by atoms with Crippen LogP contribution in [-0.2, 0) is 0 Å². The monoisotopic (exact) mass is 486 g/mol. The molecule has 8 heteroatoms. The summed E-state index contributed by atoms with van der Waals surface area (Å²) >= 11 is 0. The molecule has 0 bridgehead atoms. The van der Waals surface area contributed by atoms with Crippen molar-refractivity contribution < 1.29 is 35.5 Å². The summed E-state index contributed by atoms with van der Waals surface area (Å²) in [6.45, 7) is 0. The molecule has 0 N–H and O–H groups in total. The molecule has 0 heterocycles. The Morgan fingerprint density at radius 1 is 0.486 bits per heavy atom. The van der Waals surface area contributed by atoms with E-state index < -0.39 is 62.6 Å². The number of rotatable bonds is 3. The molecule has 5 rings (SSSR count). The van der Waals surface area contributed by atoms with Crippen molar-refractivity contribution in [3.05, 3.63) is 101 Å². The minimum absolute atomic E-state index is 0.0291. The lowest BCUT2D eigenvalue weighted by molar-refractivity contribution is 0.407. The lowest BCUT2D eigenvalue weighted by Crippen LogP contribution is -2.00. The van der Waals surface area contributed by atoms with Gasteiger partial charge in [0.15, 0.2) is 0 Å². The largest absolute Gasteiger partial charge is 0.497 e. The minimum atomic E-state index is -1.17. The molecule has 0 atom stereocenters. The van der Waals surface area contributed by atoms with E-state index in [1.807, 2.05) is 0 Å². The van der Waals surface area contributed by atoms with Crippen molar-refractivity contribution >= 4 is 21.5 Å². The van der Waals surface area contributed by atoms with Crippen LogP contribution in [0.1, 0.15) is 0 Å². The summed E-state index contributed by atoms with van der Waals surface area (Å²) in [6, 6.07) is 8.77. The van der Waals surface area contributed by atoms with E-state index in [1.165, 1.54) is 7.11 Å². The van der Waals surface area contributed by atoms with Gasteiger partial charge in [0.2, 0.25) is 0 Å². The first-order valence-electron chi connectivity index (χ1n) is 10.2. The van der Waals surface area contributed by atoms with Crippen LogP contribution in [0, 0.1) is 40.7 Å². The van der Waals surface area contributed by atoms with Crippen LogP contribution in [0.5, 0.6) is 5.75 Å². The Kier molecular flexibility index (Phi) is 5.39. The highest BCUT2D eigenvalue weighted by Gasteiger charge is 2.27. The van der Waals surface area contributed by atoms with Crippen molar-refractivity contribution in [2.24, 2.45) is 0 Å². The normalized spacial score (nSPS) is 11.4. The molecule has 0 aliphatic rings. The first-order chi connectivity index (χ1) is 16.7. The number of hydrogen-bond donors (Lipinski definition) is 0. The second-order valence-corrected chi connectivity index (χ2v) is 7.81. The highest BCUT2D eigenvalue weighted by molar-refractivity contribution is 6.21. The van der Waals surface area contributed by atoms with E-state index in [9.17, 15) is 13.2 Å². The second-order valence-electron chi connectivity index (χ2n) is 7.81. The van der Waals surface area contributed by atoms with Crippen molar-refractivity contribution in [1.82, 2.24) is 0 Å². The molecule has 0 unspecified atom stereocenters. The van der Waals surface area contributed by atoms with E-state index in [4.69, 9.17) is 4.74 Å². The molecule has 0 aromatic heterocycles. The van der Waals surface area contributed by atoms with Crippen molar-refractivity contribution in [3.8, 4) is 28.0 Å². The van der Waals surface area contributed by atoms with E-state index in [-0.39, 0.29) is 27.6 Å². The Hall–Kier alpha value is -4.07. The maximum Gasteiger partial charge on any atom is 0.137 e. The highest BCUT2D eigenvalue weighted by Crippen LogP contribution is 2.47. The van der Waals surface area contributed by atoms with Gasteiger partial charge in [-0.25, -0.2) is 30.7 Å². The molecule has 0 saturated carbocycles. The van der Waals surface area contributed by atoms with Gasteiger partial charge in [-0.3, -0.25) is 0 Å². The molecule has 5 aromatic rings. The lowest BCUT2D eigenvalue weighted by atomic mass is 9.85. The van der Waals surface area contributed by atoms with Gasteiger partial charge in [-0.05, 0) is 47.2 Å². The third-order valence-corrected chi connectivity index (χ3v) is 5.83. The zero-order chi connectivity index (χ0) is 25.0. The molecule has 0 amide bonds. The molecular formula is C27H13F7O. The van der Waals surface area contributed by atoms with E-state index in [2.05, 4.69) is 0 Å². The number of halogens is 7. The van der Waals surface area contributed by atoms with Gasteiger partial charge in [-0.2, -0.15) is 0 Å². The van der Waals surface area contributed by atoms with Crippen LogP contribution in [0.4, 0.5) is 30.7 Å². The number of ether oxygens (including phenoxy) is 1. The molecule has 0 radical (unpaired) electrons. The molecule has 0 spiro atoms. The van der Waals surface area contributed by atoms with Crippen LogP contribution in [0.25, 0.3) is 43.8 Å². The predicted molar refractivity (Wildman–Crippen MR) is 119 cm³/mol. The Morgan fingerprint density at radius 3 is 1.66 bits per heavy atom. The summed E-state index contributed by atoms with van der Waals surface area (Å²) in [4.78, 5) is 0. The van der Waals surface area contributed by atoms with Gasteiger partial charge in [0.1, 0.15) is 46.5 Å². The average Bonchev–Trinajstić information content (AvgIpc) is 2.81. The predicted octanol–water partition coefficient (Wildman–Crippen LogP) is 8.31. The Labute approximate surface area is 194 Å². The van der Waals surface area contributed by atoms with Crippen LogP contribution in [0.15, 0.2) is 60.7 Å². The standard InChI is InChI=1S/C27H13F7O/c1-35-14-10-21(33)25(22(34)11-14)24-17-8-12(28)2-4-15(17)23(16-5-3-13(29)9-20(16)32)26-18(30)6-7-19(31)27(24)26/h2-11H,1H3. The molecular weight excluding hydrogens is 473 g/mol. The number of fused-ring (bicyclic) bond motifs is 2. The topological polar surface area (TPSA) is 9.23 Å². The minimum Gasteiger partial charge on any atom is -0.497 e. The summed E-state index contributed by atoms with van der Waals surface area (Å²) in [5.41, 5.74) is -1.74. The van der Waals surface area contributed by atoms with Crippen LogP contribution in [0.2, 0.25) is 0 Å². The lowest BCUT2D eigenvalue weighted by Gasteiger charge is -2.20. The summed E-state index contributed by atoms with van der Waals surface area (Å²) < 4.78 is 109. The van der Waals surface area contributed by atoms with Gasteiger partial charge in [0.05, 0.1) is 12.7 Å². The third kappa shape index (κ3) is 3.56. The summed E-state index contributed by atoms with van der Waals surface area (Å²) in [6.07, 6.45) is 0. The van der Waals surface area contributed by atoms with E-state index in [1.54, 1.807) is 0 Å². The van der Waals surface area contributed by atoms with E-state index in [0.717, 1.165) is 54.6 Å². The second kappa shape index (κ2) is 8.30. The van der Waals surface area contributed by atoms with Gasteiger partial charge in [-0.15, -0.1) is 0 Å². The van der Waals surface area contributed by atoms with E-state index in [0.29, 0.717) is 6.07 Å². The first-order valence-corrected chi connectivity index (χ1v) is 10.2. The van der Waals surface area contributed by atoms with Crippen molar-refractivity contribution in [3.63, 3.8) is 0 Å². The maximum atomic E-state index is 15.3. The third-order valence-electron chi connectivity index (χ3n) is 5.83. The van der Waals surface area contributed by atoms with Gasteiger partial charge in [0, 0.05) is 45.7 Å². The molecule has 0 aliphatic carbocycles. The molecule has 176 valence electrons. The SMILES string of the molecule is COc1cc(F)c(-c2c3cc(F)ccc3c(-c3ccc(F)cc3F)c3c(F)ccc(F)c23)c(F)c1. The molecule has 0 saturated heterocycles. The van der Waals surface area contributed by atoms with Gasteiger partial charge in [-0.1, -0.05) is 6.07 Å². The molecule has 5 aromatic carbocycles. The van der Waals surface area contributed by atoms with Crippen LogP contribution in [-0.4, -0.2) is 7.11 Å². The number of hydrogen-bond acceptors (Lipinski definition) is 1. The number of benzene rings is 5. The molecule has 1 nitrogen and oxygen atoms in total. The maximum absolute atomic E-state index is 15.3. The molecule has 35 heavy (non-hydrogen) atoms. The van der Waals surface area contributed by atoms with Gasteiger partial charge < -0.3 is 4.74 Å². The Balaban J connectivity index is 2.09. The van der Waals surface area contributed by atoms with Gasteiger partial charge >= 0.3 is 0 Å². The fraction of sp³-hybridized carbons (Fsp3) is 0.0370. The fourth-order valence-corrected chi connectivity index (χ4v) is 4.39.